The summed E-state index contributed by atoms with van der Waals surface area (Å²) in [5.74, 6) is -2.67. The highest BCUT2D eigenvalue weighted by Gasteiger charge is 2.33. The number of amides is 2. The SMILES string of the molecule is C[C@@H]1Cc2cc(F)cc(F)c2NC(=O)[C@@H]1NC(=O)c1nnc(Cc2ccccc2)[nH]1. The van der Waals surface area contributed by atoms with Crippen molar-refractivity contribution in [2.45, 2.75) is 25.8 Å². The van der Waals surface area contributed by atoms with Crippen LogP contribution in [0.4, 0.5) is 14.5 Å². The van der Waals surface area contributed by atoms with Gasteiger partial charge in [-0.1, -0.05) is 37.3 Å². The van der Waals surface area contributed by atoms with Crippen LogP contribution in [0.15, 0.2) is 42.5 Å². The molecule has 2 heterocycles. The Morgan fingerprint density at radius 3 is 2.73 bits per heavy atom. The summed E-state index contributed by atoms with van der Waals surface area (Å²) in [6, 6.07) is 10.5. The molecule has 0 spiro atoms. The predicted molar refractivity (Wildman–Crippen MR) is 105 cm³/mol. The van der Waals surface area contributed by atoms with Crippen LogP contribution < -0.4 is 10.6 Å². The van der Waals surface area contributed by atoms with E-state index in [1.165, 1.54) is 6.07 Å². The molecule has 3 N–H and O–H groups in total. The van der Waals surface area contributed by atoms with Gasteiger partial charge < -0.3 is 15.6 Å². The molecule has 0 saturated carbocycles. The molecule has 0 fully saturated rings. The second-order valence-electron chi connectivity index (χ2n) is 7.33. The Bertz CT molecular complexity index is 1100. The van der Waals surface area contributed by atoms with Gasteiger partial charge in [-0.2, -0.15) is 0 Å². The lowest BCUT2D eigenvalue weighted by atomic mass is 9.94. The van der Waals surface area contributed by atoms with Crippen molar-refractivity contribution in [3.63, 3.8) is 0 Å². The fraction of sp³-hybridized carbons (Fsp3) is 0.238. The molecular weight excluding hydrogens is 392 g/mol. The molecule has 154 valence electrons. The van der Waals surface area contributed by atoms with Gasteiger partial charge in [-0.15, -0.1) is 10.2 Å². The second-order valence-corrected chi connectivity index (χ2v) is 7.33. The third-order valence-corrected chi connectivity index (χ3v) is 5.03. The number of benzene rings is 2. The van der Waals surface area contributed by atoms with Crippen molar-refractivity contribution in [1.29, 1.82) is 0 Å². The number of nitrogens with one attached hydrogen (secondary N) is 3. The van der Waals surface area contributed by atoms with E-state index < -0.39 is 35.4 Å². The first-order valence-corrected chi connectivity index (χ1v) is 9.46. The number of hydrogen-bond acceptors (Lipinski definition) is 4. The van der Waals surface area contributed by atoms with Crippen LogP contribution in [0.1, 0.15) is 34.5 Å². The Kier molecular flexibility index (Phi) is 5.26. The molecule has 0 unspecified atom stereocenters. The quantitative estimate of drug-likeness (QED) is 0.614. The van der Waals surface area contributed by atoms with E-state index in [1.807, 2.05) is 30.3 Å². The highest BCUT2D eigenvalue weighted by atomic mass is 19.1. The van der Waals surface area contributed by atoms with Crippen LogP contribution in [0.5, 0.6) is 0 Å². The van der Waals surface area contributed by atoms with Crippen molar-refractivity contribution < 1.29 is 18.4 Å². The maximum atomic E-state index is 14.1. The van der Waals surface area contributed by atoms with E-state index in [9.17, 15) is 18.4 Å². The summed E-state index contributed by atoms with van der Waals surface area (Å²) in [7, 11) is 0. The van der Waals surface area contributed by atoms with Crippen molar-refractivity contribution in [3.05, 3.63) is 76.9 Å². The Morgan fingerprint density at radius 1 is 1.20 bits per heavy atom. The van der Waals surface area contributed by atoms with Crippen molar-refractivity contribution in [1.82, 2.24) is 20.5 Å². The van der Waals surface area contributed by atoms with Crippen LogP contribution in [-0.2, 0) is 17.6 Å². The Balaban J connectivity index is 1.48. The summed E-state index contributed by atoms with van der Waals surface area (Å²) in [5.41, 5.74) is 1.29. The van der Waals surface area contributed by atoms with E-state index in [4.69, 9.17) is 0 Å². The van der Waals surface area contributed by atoms with E-state index in [1.54, 1.807) is 6.92 Å². The first-order chi connectivity index (χ1) is 14.4. The summed E-state index contributed by atoms with van der Waals surface area (Å²) >= 11 is 0. The van der Waals surface area contributed by atoms with E-state index in [2.05, 4.69) is 25.8 Å². The van der Waals surface area contributed by atoms with Crippen molar-refractivity contribution in [2.75, 3.05) is 5.32 Å². The molecule has 0 radical (unpaired) electrons. The normalized spacial score (nSPS) is 18.3. The van der Waals surface area contributed by atoms with Crippen LogP contribution in [0, 0.1) is 17.6 Å². The van der Waals surface area contributed by atoms with Gasteiger partial charge in [0.25, 0.3) is 5.91 Å². The first kappa shape index (κ1) is 19.7. The smallest absolute Gasteiger partial charge is 0.289 e. The molecule has 1 aromatic heterocycles. The minimum atomic E-state index is -0.949. The minimum absolute atomic E-state index is 0.0279. The number of carbonyl (C=O) groups excluding carboxylic acids is 2. The average molecular weight is 411 g/mol. The van der Waals surface area contributed by atoms with Gasteiger partial charge in [0.05, 0.1) is 5.69 Å². The Labute approximate surface area is 170 Å². The fourth-order valence-electron chi connectivity index (χ4n) is 3.54. The standard InChI is InChI=1S/C21H19F2N5O2/c1-11-7-13-9-14(22)10-15(23)18(13)26-20(29)17(11)25-21(30)19-24-16(27-28-19)8-12-5-3-2-4-6-12/h2-6,9-11,17H,7-8H2,1H3,(H,25,30)(H,26,29)(H,24,27,28)/t11-,17-/m1/s1. The number of rotatable bonds is 4. The van der Waals surface area contributed by atoms with E-state index in [0.717, 1.165) is 5.56 Å². The van der Waals surface area contributed by atoms with Crippen molar-refractivity contribution in [3.8, 4) is 0 Å². The van der Waals surface area contributed by atoms with Gasteiger partial charge >= 0.3 is 0 Å². The van der Waals surface area contributed by atoms with Crippen molar-refractivity contribution in [2.24, 2.45) is 5.92 Å². The molecule has 4 rings (SSSR count). The van der Waals surface area contributed by atoms with E-state index >= 15 is 0 Å². The minimum Gasteiger partial charge on any atom is -0.337 e. The second kappa shape index (κ2) is 8.02. The van der Waals surface area contributed by atoms with Gasteiger partial charge in [0.2, 0.25) is 11.7 Å². The van der Waals surface area contributed by atoms with Gasteiger partial charge in [0, 0.05) is 12.5 Å². The van der Waals surface area contributed by atoms with Crippen molar-refractivity contribution >= 4 is 17.5 Å². The maximum absolute atomic E-state index is 14.1. The van der Waals surface area contributed by atoms with Gasteiger partial charge in [-0.05, 0) is 29.5 Å². The molecule has 30 heavy (non-hydrogen) atoms. The highest BCUT2D eigenvalue weighted by Crippen LogP contribution is 2.29. The monoisotopic (exact) mass is 411 g/mol. The van der Waals surface area contributed by atoms with Crippen LogP contribution >= 0.6 is 0 Å². The summed E-state index contributed by atoms with van der Waals surface area (Å²) in [4.78, 5) is 28.1. The predicted octanol–water partition coefficient (Wildman–Crippen LogP) is 2.60. The van der Waals surface area contributed by atoms with Gasteiger partial charge in [-0.3, -0.25) is 9.59 Å². The molecule has 1 aliphatic rings. The van der Waals surface area contributed by atoms with Crippen LogP contribution in [0.2, 0.25) is 0 Å². The lowest BCUT2D eigenvalue weighted by Gasteiger charge is -2.20. The molecule has 3 aromatic rings. The van der Waals surface area contributed by atoms with E-state index in [-0.39, 0.29) is 17.9 Å². The third-order valence-electron chi connectivity index (χ3n) is 5.03. The van der Waals surface area contributed by atoms with E-state index in [0.29, 0.717) is 23.9 Å². The lowest BCUT2D eigenvalue weighted by Crippen LogP contribution is -2.47. The average Bonchev–Trinajstić information content (AvgIpc) is 3.13. The molecule has 2 amide bonds. The topological polar surface area (TPSA) is 99.8 Å². The lowest BCUT2D eigenvalue weighted by molar-refractivity contribution is -0.118. The molecule has 0 aliphatic carbocycles. The number of fused-ring (bicyclic) bond motifs is 1. The zero-order valence-electron chi connectivity index (χ0n) is 16.1. The highest BCUT2D eigenvalue weighted by molar-refractivity contribution is 6.01. The Morgan fingerprint density at radius 2 is 1.97 bits per heavy atom. The molecule has 7 nitrogen and oxygen atoms in total. The molecule has 9 heteroatoms. The molecular formula is C21H19F2N5O2. The maximum Gasteiger partial charge on any atom is 0.289 e. The number of H-pyrrole nitrogens is 1. The molecule has 0 saturated heterocycles. The molecule has 2 aromatic carbocycles. The summed E-state index contributed by atoms with van der Waals surface area (Å²) in [5, 5.41) is 12.9. The summed E-state index contributed by atoms with van der Waals surface area (Å²) in [6.07, 6.45) is 0.685. The summed E-state index contributed by atoms with van der Waals surface area (Å²) in [6.45, 7) is 1.73. The number of hydrogen-bond donors (Lipinski definition) is 3. The number of aromatic amines is 1. The third kappa shape index (κ3) is 4.05. The van der Waals surface area contributed by atoms with Crippen LogP contribution in [0.25, 0.3) is 0 Å². The molecule has 0 bridgehead atoms. The molecule has 1 aliphatic heterocycles. The number of aromatic nitrogens is 3. The summed E-state index contributed by atoms with van der Waals surface area (Å²) < 4.78 is 27.6. The van der Waals surface area contributed by atoms with Crippen LogP contribution in [0.3, 0.4) is 0 Å². The van der Waals surface area contributed by atoms with Crippen LogP contribution in [-0.4, -0.2) is 33.0 Å². The number of nitrogens with zero attached hydrogens (tertiary/aromatic N) is 2. The first-order valence-electron chi connectivity index (χ1n) is 9.46. The number of carbonyl (C=O) groups is 2. The number of halogens is 2. The zero-order chi connectivity index (χ0) is 21.3. The van der Waals surface area contributed by atoms with Gasteiger partial charge in [-0.25, -0.2) is 8.78 Å². The van der Waals surface area contributed by atoms with Gasteiger partial charge in [0.15, 0.2) is 0 Å². The molecule has 2 atom stereocenters. The fourth-order valence-corrected chi connectivity index (χ4v) is 3.54. The Hall–Kier alpha value is -3.62. The van der Waals surface area contributed by atoms with Gasteiger partial charge in [0.1, 0.15) is 23.5 Å². The largest absolute Gasteiger partial charge is 0.337 e. The number of anilines is 1. The zero-order valence-corrected chi connectivity index (χ0v) is 16.1.